The molecule has 3 aliphatic rings. The Morgan fingerprint density at radius 1 is 1.12 bits per heavy atom. The predicted octanol–water partition coefficient (Wildman–Crippen LogP) is 3.96. The summed E-state index contributed by atoms with van der Waals surface area (Å²) >= 11 is 0. The summed E-state index contributed by atoms with van der Waals surface area (Å²) in [6.07, 6.45) is 4.55. The molecule has 0 aromatic carbocycles. The van der Waals surface area contributed by atoms with Crippen LogP contribution in [0.15, 0.2) is 18.3 Å². The van der Waals surface area contributed by atoms with Gasteiger partial charge in [0.05, 0.1) is 18.8 Å². The standard InChI is InChI=1S/C23H24F2N6O/c1-13-4-5-16-15(13)10-14(11-26-16)18-28-19(30-7-6-23(24,25)12-30)17-20(29-18)31-8-9-32-22(2,3)21(31)27-17/h4,10-11H,5-9,12H2,1-3H3. The van der Waals surface area contributed by atoms with Crippen molar-refractivity contribution in [2.45, 2.75) is 51.7 Å². The van der Waals surface area contributed by atoms with Crippen LogP contribution >= 0.6 is 0 Å². The molecule has 0 saturated carbocycles. The minimum atomic E-state index is -2.74. The maximum Gasteiger partial charge on any atom is 0.266 e. The van der Waals surface area contributed by atoms with Crippen molar-refractivity contribution in [3.05, 3.63) is 35.4 Å². The Morgan fingerprint density at radius 2 is 1.97 bits per heavy atom. The molecular weight excluding hydrogens is 414 g/mol. The Labute approximate surface area is 184 Å². The van der Waals surface area contributed by atoms with Gasteiger partial charge in [0.15, 0.2) is 22.8 Å². The molecule has 0 radical (unpaired) electrons. The number of nitrogens with zero attached hydrogens (tertiary/aromatic N) is 6. The van der Waals surface area contributed by atoms with E-state index in [2.05, 4.69) is 18.0 Å². The molecule has 5 heterocycles. The van der Waals surface area contributed by atoms with Gasteiger partial charge < -0.3 is 14.2 Å². The lowest BCUT2D eigenvalue weighted by molar-refractivity contribution is -0.0530. The summed E-state index contributed by atoms with van der Waals surface area (Å²) in [5.74, 6) is -1.07. The number of aromatic nitrogens is 5. The summed E-state index contributed by atoms with van der Waals surface area (Å²) in [6, 6.07) is 2.05. The highest BCUT2D eigenvalue weighted by Crippen LogP contribution is 2.38. The first-order valence-electron chi connectivity index (χ1n) is 10.9. The van der Waals surface area contributed by atoms with E-state index in [-0.39, 0.29) is 19.5 Å². The second-order valence-corrected chi connectivity index (χ2v) is 9.33. The summed E-state index contributed by atoms with van der Waals surface area (Å²) in [7, 11) is 0. The van der Waals surface area contributed by atoms with Crippen LogP contribution in [0.5, 0.6) is 0 Å². The molecule has 0 atom stereocenters. The molecule has 6 rings (SSSR count). The number of pyridine rings is 1. The summed E-state index contributed by atoms with van der Waals surface area (Å²) in [5, 5.41) is 0. The van der Waals surface area contributed by atoms with Crippen LogP contribution in [0.25, 0.3) is 28.1 Å². The topological polar surface area (TPSA) is 69.0 Å². The number of fused-ring (bicyclic) bond motifs is 4. The van der Waals surface area contributed by atoms with Gasteiger partial charge in [-0.3, -0.25) is 4.98 Å². The molecule has 0 N–H and O–H groups in total. The van der Waals surface area contributed by atoms with Gasteiger partial charge in [0, 0.05) is 37.7 Å². The van der Waals surface area contributed by atoms with Crippen molar-refractivity contribution in [3.63, 3.8) is 0 Å². The van der Waals surface area contributed by atoms with E-state index in [4.69, 9.17) is 19.7 Å². The molecule has 7 nitrogen and oxygen atoms in total. The molecule has 1 aliphatic carbocycles. The second kappa shape index (κ2) is 6.54. The number of imidazole rings is 1. The van der Waals surface area contributed by atoms with E-state index in [1.54, 1.807) is 11.1 Å². The minimum Gasteiger partial charge on any atom is -0.366 e. The van der Waals surface area contributed by atoms with Crippen molar-refractivity contribution in [1.82, 2.24) is 24.5 Å². The maximum atomic E-state index is 14.1. The van der Waals surface area contributed by atoms with E-state index in [9.17, 15) is 8.78 Å². The minimum absolute atomic E-state index is 0.194. The first-order valence-corrected chi connectivity index (χ1v) is 10.9. The average Bonchev–Trinajstić information content (AvgIpc) is 3.43. The van der Waals surface area contributed by atoms with Crippen LogP contribution in [0.2, 0.25) is 0 Å². The van der Waals surface area contributed by atoms with Crippen molar-refractivity contribution in [2.75, 3.05) is 24.6 Å². The second-order valence-electron chi connectivity index (χ2n) is 9.33. The third-order valence-electron chi connectivity index (χ3n) is 6.62. The lowest BCUT2D eigenvalue weighted by Gasteiger charge is -2.30. The van der Waals surface area contributed by atoms with E-state index in [1.807, 2.05) is 24.5 Å². The molecule has 3 aromatic heterocycles. The zero-order valence-corrected chi connectivity index (χ0v) is 18.3. The summed E-state index contributed by atoms with van der Waals surface area (Å²) in [4.78, 5) is 20.7. The Morgan fingerprint density at radius 3 is 2.75 bits per heavy atom. The Bertz CT molecular complexity index is 1300. The van der Waals surface area contributed by atoms with Crippen LogP contribution < -0.4 is 4.90 Å². The van der Waals surface area contributed by atoms with Crippen molar-refractivity contribution >= 4 is 22.6 Å². The normalized spacial score (nSPS) is 21.0. The van der Waals surface area contributed by atoms with Gasteiger partial charge >= 0.3 is 0 Å². The summed E-state index contributed by atoms with van der Waals surface area (Å²) in [5.41, 5.74) is 4.68. The van der Waals surface area contributed by atoms with Gasteiger partial charge in [-0.05, 0) is 38.0 Å². The Balaban J connectivity index is 1.57. The molecule has 0 spiro atoms. The highest BCUT2D eigenvalue weighted by atomic mass is 19.3. The molecule has 1 fully saturated rings. The SMILES string of the molecule is CC1=CCc2ncc(-c3nc(N4CCC(F)(F)C4)c4nc5n(c4n3)CCOC5(C)C)cc21. The molecule has 0 bridgehead atoms. The lowest BCUT2D eigenvalue weighted by atomic mass is 10.1. The molecule has 3 aromatic rings. The molecule has 166 valence electrons. The van der Waals surface area contributed by atoms with E-state index in [1.165, 1.54) is 5.57 Å². The van der Waals surface area contributed by atoms with Gasteiger partial charge in [-0.15, -0.1) is 0 Å². The average molecular weight is 438 g/mol. The van der Waals surface area contributed by atoms with Gasteiger partial charge in [0.1, 0.15) is 11.4 Å². The van der Waals surface area contributed by atoms with Crippen LogP contribution in [-0.2, 0) is 23.3 Å². The van der Waals surface area contributed by atoms with Crippen LogP contribution in [0, 0.1) is 0 Å². The molecule has 0 unspecified atom stereocenters. The smallest absolute Gasteiger partial charge is 0.266 e. The lowest BCUT2D eigenvalue weighted by Crippen LogP contribution is -2.33. The third-order valence-corrected chi connectivity index (χ3v) is 6.62. The largest absolute Gasteiger partial charge is 0.366 e. The van der Waals surface area contributed by atoms with E-state index < -0.39 is 11.5 Å². The molecule has 9 heteroatoms. The molecular formula is C23H24F2N6O. The number of ether oxygens (including phenoxy) is 1. The van der Waals surface area contributed by atoms with Gasteiger partial charge in [-0.1, -0.05) is 6.08 Å². The fourth-order valence-corrected chi connectivity index (χ4v) is 4.86. The predicted molar refractivity (Wildman–Crippen MR) is 117 cm³/mol. The van der Waals surface area contributed by atoms with Crippen molar-refractivity contribution < 1.29 is 13.5 Å². The van der Waals surface area contributed by atoms with Gasteiger partial charge in [0.25, 0.3) is 5.92 Å². The van der Waals surface area contributed by atoms with Crippen molar-refractivity contribution in [2.24, 2.45) is 0 Å². The van der Waals surface area contributed by atoms with E-state index in [0.29, 0.717) is 36.0 Å². The van der Waals surface area contributed by atoms with Crippen LogP contribution in [0.1, 0.15) is 44.3 Å². The van der Waals surface area contributed by atoms with Crippen LogP contribution in [0.4, 0.5) is 14.6 Å². The monoisotopic (exact) mass is 438 g/mol. The van der Waals surface area contributed by atoms with Gasteiger partial charge in [-0.2, -0.15) is 0 Å². The molecule has 2 aliphatic heterocycles. The number of alkyl halides is 2. The number of allylic oxidation sites excluding steroid dienone is 2. The summed E-state index contributed by atoms with van der Waals surface area (Å²) < 4.78 is 36.2. The third kappa shape index (κ3) is 2.94. The number of hydrogen-bond donors (Lipinski definition) is 0. The van der Waals surface area contributed by atoms with Crippen LogP contribution in [-0.4, -0.2) is 50.1 Å². The zero-order valence-electron chi connectivity index (χ0n) is 18.3. The highest BCUT2D eigenvalue weighted by Gasteiger charge is 2.41. The summed E-state index contributed by atoms with van der Waals surface area (Å²) in [6.45, 7) is 6.98. The van der Waals surface area contributed by atoms with Crippen molar-refractivity contribution in [3.8, 4) is 11.4 Å². The first kappa shape index (κ1) is 19.7. The quantitative estimate of drug-likeness (QED) is 0.603. The molecule has 32 heavy (non-hydrogen) atoms. The van der Waals surface area contributed by atoms with E-state index >= 15 is 0 Å². The molecule has 0 amide bonds. The zero-order chi connectivity index (χ0) is 22.3. The fourth-order valence-electron chi connectivity index (χ4n) is 4.86. The van der Waals surface area contributed by atoms with Crippen LogP contribution in [0.3, 0.4) is 0 Å². The number of halogens is 2. The number of hydrogen-bond acceptors (Lipinski definition) is 6. The maximum absolute atomic E-state index is 14.1. The molecule has 1 saturated heterocycles. The van der Waals surface area contributed by atoms with E-state index in [0.717, 1.165) is 29.1 Å². The first-order chi connectivity index (χ1) is 15.2. The Hall–Kier alpha value is -2.94. The van der Waals surface area contributed by atoms with Crippen molar-refractivity contribution in [1.29, 1.82) is 0 Å². The highest BCUT2D eigenvalue weighted by molar-refractivity contribution is 5.87. The number of anilines is 1. The van der Waals surface area contributed by atoms with Gasteiger partial charge in [0.2, 0.25) is 0 Å². The number of rotatable bonds is 2. The van der Waals surface area contributed by atoms with Gasteiger partial charge in [-0.25, -0.2) is 23.7 Å². The fraction of sp³-hybridized carbons (Fsp3) is 0.478. The Kier molecular flexibility index (Phi) is 4.03.